The highest BCUT2D eigenvalue weighted by molar-refractivity contribution is 7.89. The second-order valence-corrected chi connectivity index (χ2v) is 6.51. The van der Waals surface area contributed by atoms with Gasteiger partial charge in [-0.2, -0.15) is 0 Å². The number of nitrogens with one attached hydrogen (secondary N) is 1. The number of hydrogen-bond acceptors (Lipinski definition) is 3. The van der Waals surface area contributed by atoms with Crippen LogP contribution in [0.5, 0.6) is 0 Å². The van der Waals surface area contributed by atoms with Gasteiger partial charge in [-0.25, -0.2) is 12.7 Å². The molecule has 1 aliphatic heterocycles. The van der Waals surface area contributed by atoms with Crippen LogP contribution in [0.4, 0.5) is 0 Å². The molecule has 1 saturated heterocycles. The van der Waals surface area contributed by atoms with Gasteiger partial charge < -0.3 is 5.32 Å². The molecule has 1 N–H and O–H groups in total. The monoisotopic (exact) mass is 248 g/mol. The normalized spacial score (nSPS) is 20.1. The molecule has 4 nitrogen and oxygen atoms in total. The molecule has 0 aliphatic carbocycles. The third-order valence-electron chi connectivity index (χ3n) is 3.33. The molecular weight excluding hydrogens is 224 g/mol. The molecule has 0 aromatic carbocycles. The molecule has 0 aromatic heterocycles. The number of piperidine rings is 1. The first-order valence-electron chi connectivity index (χ1n) is 6.28. The molecule has 1 fully saturated rings. The van der Waals surface area contributed by atoms with Crippen LogP contribution in [-0.4, -0.2) is 44.7 Å². The van der Waals surface area contributed by atoms with Gasteiger partial charge in [0.2, 0.25) is 10.0 Å². The molecule has 1 rings (SSSR count). The van der Waals surface area contributed by atoms with Gasteiger partial charge >= 0.3 is 0 Å². The maximum absolute atomic E-state index is 11.9. The fourth-order valence-electron chi connectivity index (χ4n) is 2.10. The van der Waals surface area contributed by atoms with E-state index in [4.69, 9.17) is 0 Å². The summed E-state index contributed by atoms with van der Waals surface area (Å²) in [6.45, 7) is 6.99. The van der Waals surface area contributed by atoms with Crippen LogP contribution in [0.25, 0.3) is 0 Å². The third-order valence-corrected chi connectivity index (χ3v) is 5.20. The zero-order chi connectivity index (χ0) is 12.0. The van der Waals surface area contributed by atoms with Crippen molar-refractivity contribution in [3.63, 3.8) is 0 Å². The third kappa shape index (κ3) is 4.03. The smallest absolute Gasteiger partial charge is 0.215 e. The molecule has 0 amide bonds. The molecule has 0 atom stereocenters. The van der Waals surface area contributed by atoms with Crippen molar-refractivity contribution < 1.29 is 8.42 Å². The molecule has 96 valence electrons. The van der Waals surface area contributed by atoms with Gasteiger partial charge in [0.15, 0.2) is 0 Å². The zero-order valence-electron chi connectivity index (χ0n) is 10.4. The SMILES string of the molecule is CCNCCS(=O)(=O)N1CCC(CC)CC1. The second-order valence-electron chi connectivity index (χ2n) is 4.42. The van der Waals surface area contributed by atoms with Crippen LogP contribution in [-0.2, 0) is 10.0 Å². The summed E-state index contributed by atoms with van der Waals surface area (Å²) in [7, 11) is -3.02. The number of nitrogens with zero attached hydrogens (tertiary/aromatic N) is 1. The number of sulfonamides is 1. The van der Waals surface area contributed by atoms with Gasteiger partial charge in [0.05, 0.1) is 5.75 Å². The molecule has 0 radical (unpaired) electrons. The highest BCUT2D eigenvalue weighted by Gasteiger charge is 2.26. The van der Waals surface area contributed by atoms with Gasteiger partial charge in [-0.3, -0.25) is 0 Å². The Morgan fingerprint density at radius 3 is 2.38 bits per heavy atom. The molecule has 0 unspecified atom stereocenters. The maximum atomic E-state index is 11.9. The van der Waals surface area contributed by atoms with Gasteiger partial charge in [0, 0.05) is 19.6 Å². The number of rotatable bonds is 6. The van der Waals surface area contributed by atoms with Crippen molar-refractivity contribution in [2.24, 2.45) is 5.92 Å². The summed E-state index contributed by atoms with van der Waals surface area (Å²) in [5.74, 6) is 0.956. The summed E-state index contributed by atoms with van der Waals surface area (Å²) in [6, 6.07) is 0. The van der Waals surface area contributed by atoms with Gasteiger partial charge in [0.1, 0.15) is 0 Å². The first-order valence-corrected chi connectivity index (χ1v) is 7.89. The Hall–Kier alpha value is -0.130. The minimum Gasteiger partial charge on any atom is -0.316 e. The fourth-order valence-corrected chi connectivity index (χ4v) is 3.53. The van der Waals surface area contributed by atoms with Crippen LogP contribution in [0.3, 0.4) is 0 Å². The standard InChI is InChI=1S/C11H24N2O2S/c1-3-11-5-8-13(9-6-11)16(14,15)10-7-12-4-2/h11-12H,3-10H2,1-2H3. The minimum absolute atomic E-state index is 0.234. The molecule has 0 spiro atoms. The Morgan fingerprint density at radius 1 is 1.25 bits per heavy atom. The van der Waals surface area contributed by atoms with Crippen LogP contribution < -0.4 is 5.32 Å². The lowest BCUT2D eigenvalue weighted by Crippen LogP contribution is -2.41. The highest BCUT2D eigenvalue weighted by Crippen LogP contribution is 2.21. The van der Waals surface area contributed by atoms with Crippen molar-refractivity contribution >= 4 is 10.0 Å². The predicted molar refractivity (Wildman–Crippen MR) is 66.9 cm³/mol. The molecule has 5 heteroatoms. The van der Waals surface area contributed by atoms with Crippen molar-refractivity contribution in [3.8, 4) is 0 Å². The van der Waals surface area contributed by atoms with E-state index >= 15 is 0 Å². The van der Waals surface area contributed by atoms with E-state index in [0.29, 0.717) is 19.6 Å². The van der Waals surface area contributed by atoms with Crippen molar-refractivity contribution in [2.45, 2.75) is 33.1 Å². The van der Waals surface area contributed by atoms with E-state index in [1.54, 1.807) is 4.31 Å². The number of hydrogen-bond donors (Lipinski definition) is 1. The van der Waals surface area contributed by atoms with Gasteiger partial charge in [0.25, 0.3) is 0 Å². The lowest BCUT2D eigenvalue weighted by molar-refractivity contribution is 0.269. The van der Waals surface area contributed by atoms with E-state index in [0.717, 1.165) is 25.3 Å². The molecule has 0 aromatic rings. The van der Waals surface area contributed by atoms with E-state index in [1.807, 2.05) is 6.92 Å². The average molecular weight is 248 g/mol. The lowest BCUT2D eigenvalue weighted by atomic mass is 9.96. The quantitative estimate of drug-likeness (QED) is 0.715. The van der Waals surface area contributed by atoms with Crippen LogP contribution >= 0.6 is 0 Å². The van der Waals surface area contributed by atoms with Crippen molar-refractivity contribution in [1.29, 1.82) is 0 Å². The van der Waals surface area contributed by atoms with E-state index in [9.17, 15) is 8.42 Å². The molecule has 16 heavy (non-hydrogen) atoms. The topological polar surface area (TPSA) is 49.4 Å². The summed E-state index contributed by atoms with van der Waals surface area (Å²) in [6.07, 6.45) is 3.22. The predicted octanol–water partition coefficient (Wildman–Crippen LogP) is 1.05. The molecule has 0 bridgehead atoms. The minimum atomic E-state index is -3.02. The van der Waals surface area contributed by atoms with Gasteiger partial charge in [-0.1, -0.05) is 20.3 Å². The molecule has 1 heterocycles. The van der Waals surface area contributed by atoms with Crippen molar-refractivity contribution in [3.05, 3.63) is 0 Å². The Balaban J connectivity index is 2.39. The van der Waals surface area contributed by atoms with Crippen molar-refractivity contribution in [2.75, 3.05) is 31.9 Å². The first-order chi connectivity index (χ1) is 7.60. The Morgan fingerprint density at radius 2 is 1.88 bits per heavy atom. The van der Waals surface area contributed by atoms with Crippen LogP contribution in [0.2, 0.25) is 0 Å². The van der Waals surface area contributed by atoms with E-state index < -0.39 is 10.0 Å². The summed E-state index contributed by atoms with van der Waals surface area (Å²) in [5.41, 5.74) is 0. The Bertz CT molecular complexity index is 282. The van der Waals surface area contributed by atoms with Gasteiger partial charge in [-0.05, 0) is 25.3 Å². The van der Waals surface area contributed by atoms with Crippen LogP contribution in [0, 0.1) is 5.92 Å². The summed E-state index contributed by atoms with van der Waals surface area (Å²) >= 11 is 0. The summed E-state index contributed by atoms with van der Waals surface area (Å²) in [4.78, 5) is 0. The Labute approximate surface area is 99.5 Å². The van der Waals surface area contributed by atoms with Gasteiger partial charge in [-0.15, -0.1) is 0 Å². The van der Waals surface area contributed by atoms with E-state index in [1.165, 1.54) is 6.42 Å². The van der Waals surface area contributed by atoms with Crippen molar-refractivity contribution in [1.82, 2.24) is 9.62 Å². The second kappa shape index (κ2) is 6.57. The largest absolute Gasteiger partial charge is 0.316 e. The first kappa shape index (κ1) is 13.9. The fraction of sp³-hybridized carbons (Fsp3) is 1.00. The Kier molecular flexibility index (Phi) is 5.72. The van der Waals surface area contributed by atoms with Crippen LogP contribution in [0.15, 0.2) is 0 Å². The molecular formula is C11H24N2O2S. The highest BCUT2D eigenvalue weighted by atomic mass is 32.2. The summed E-state index contributed by atoms with van der Waals surface area (Å²) < 4.78 is 25.5. The van der Waals surface area contributed by atoms with E-state index in [2.05, 4.69) is 12.2 Å². The van der Waals surface area contributed by atoms with E-state index in [-0.39, 0.29) is 5.75 Å². The maximum Gasteiger partial charge on any atom is 0.215 e. The lowest BCUT2D eigenvalue weighted by Gasteiger charge is -2.30. The van der Waals surface area contributed by atoms with Crippen LogP contribution in [0.1, 0.15) is 33.1 Å². The molecule has 0 saturated carbocycles. The molecule has 1 aliphatic rings. The summed E-state index contributed by atoms with van der Waals surface area (Å²) in [5, 5.41) is 3.06. The average Bonchev–Trinajstić information content (AvgIpc) is 2.29. The zero-order valence-corrected chi connectivity index (χ0v) is 11.2.